The van der Waals surface area contributed by atoms with Gasteiger partial charge in [-0.1, -0.05) is 12.2 Å². The Bertz CT molecular complexity index is 236. The number of nitrogens with two attached hydrogens (primary N) is 2. The molecule has 1 amide bonds. The van der Waals surface area contributed by atoms with Crippen molar-refractivity contribution in [2.45, 2.75) is 25.8 Å². The van der Waals surface area contributed by atoms with Crippen LogP contribution in [-0.4, -0.2) is 34.9 Å². The van der Waals surface area contributed by atoms with Gasteiger partial charge in [-0.15, -0.1) is 0 Å². The number of carbonyl (C=O) groups is 1. The molecule has 1 aliphatic rings. The van der Waals surface area contributed by atoms with Gasteiger partial charge in [0.15, 0.2) is 0 Å². The van der Waals surface area contributed by atoms with Crippen LogP contribution >= 0.6 is 12.2 Å². The first-order valence-corrected chi connectivity index (χ1v) is 5.26. The van der Waals surface area contributed by atoms with Crippen LogP contribution in [0.1, 0.15) is 19.8 Å². The van der Waals surface area contributed by atoms with Crippen molar-refractivity contribution in [3.05, 3.63) is 0 Å². The largest absolute Gasteiger partial charge is 0.392 e. The zero-order valence-electron chi connectivity index (χ0n) is 8.40. The molecule has 1 saturated heterocycles. The Kier molecular flexibility index (Phi) is 3.83. The van der Waals surface area contributed by atoms with E-state index in [0.717, 1.165) is 25.9 Å². The highest BCUT2D eigenvalue weighted by Gasteiger charge is 2.26. The van der Waals surface area contributed by atoms with Gasteiger partial charge in [-0.3, -0.25) is 9.69 Å². The number of primary amides is 1. The molecule has 0 aromatic carbocycles. The smallest absolute Gasteiger partial charge is 0.220 e. The Morgan fingerprint density at radius 2 is 1.93 bits per heavy atom. The van der Waals surface area contributed by atoms with Crippen LogP contribution in [0.25, 0.3) is 0 Å². The van der Waals surface area contributed by atoms with E-state index in [1.807, 2.05) is 6.92 Å². The van der Waals surface area contributed by atoms with Crippen LogP contribution in [-0.2, 0) is 4.79 Å². The van der Waals surface area contributed by atoms with Crippen molar-refractivity contribution in [2.75, 3.05) is 13.1 Å². The highest BCUT2D eigenvalue weighted by Crippen LogP contribution is 2.18. The number of thiocarbonyl (C=S) groups is 1. The lowest BCUT2D eigenvalue weighted by Gasteiger charge is -2.34. The maximum atomic E-state index is 10.9. The van der Waals surface area contributed by atoms with Gasteiger partial charge in [0.25, 0.3) is 0 Å². The van der Waals surface area contributed by atoms with Crippen molar-refractivity contribution >= 4 is 23.1 Å². The zero-order valence-corrected chi connectivity index (χ0v) is 9.22. The summed E-state index contributed by atoms with van der Waals surface area (Å²) in [6, 6.07) is 0.124. The van der Waals surface area contributed by atoms with Gasteiger partial charge >= 0.3 is 0 Å². The van der Waals surface area contributed by atoms with E-state index in [1.165, 1.54) is 0 Å². The normalized spacial score (nSPS) is 21.8. The number of piperidine rings is 1. The number of hydrogen-bond donors (Lipinski definition) is 2. The fraction of sp³-hybridized carbons (Fsp3) is 0.778. The Morgan fingerprint density at radius 3 is 2.29 bits per heavy atom. The topological polar surface area (TPSA) is 72.3 Å². The first-order valence-electron chi connectivity index (χ1n) is 4.85. The summed E-state index contributed by atoms with van der Waals surface area (Å²) < 4.78 is 0. The van der Waals surface area contributed by atoms with E-state index in [0.29, 0.717) is 4.99 Å². The highest BCUT2D eigenvalue weighted by molar-refractivity contribution is 7.80. The molecule has 0 saturated carbocycles. The van der Waals surface area contributed by atoms with Gasteiger partial charge in [-0.2, -0.15) is 0 Å². The molecule has 1 aliphatic heterocycles. The lowest BCUT2D eigenvalue weighted by atomic mass is 9.95. The number of hydrogen-bond acceptors (Lipinski definition) is 3. The fourth-order valence-electron chi connectivity index (χ4n) is 1.75. The quantitative estimate of drug-likeness (QED) is 0.643. The van der Waals surface area contributed by atoms with Gasteiger partial charge in [-0.25, -0.2) is 0 Å². The van der Waals surface area contributed by atoms with E-state index in [-0.39, 0.29) is 17.9 Å². The SMILES string of the molecule is CC(C(N)=S)N1CCC(C(N)=O)CC1. The standard InChI is InChI=1S/C9H17N3OS/c1-6(9(11)14)12-4-2-7(3-5-12)8(10)13/h6-7H,2-5H2,1H3,(H2,10,13)(H2,11,14). The van der Waals surface area contributed by atoms with E-state index in [1.54, 1.807) is 0 Å². The number of carbonyl (C=O) groups excluding carboxylic acids is 1. The summed E-state index contributed by atoms with van der Waals surface area (Å²) in [6.07, 6.45) is 1.64. The minimum Gasteiger partial charge on any atom is -0.392 e. The van der Waals surface area contributed by atoms with Crippen LogP contribution in [0.4, 0.5) is 0 Å². The first kappa shape index (κ1) is 11.4. The molecule has 4 nitrogen and oxygen atoms in total. The fourth-order valence-corrected chi connectivity index (χ4v) is 1.90. The van der Waals surface area contributed by atoms with Gasteiger partial charge < -0.3 is 11.5 Å². The summed E-state index contributed by atoms with van der Waals surface area (Å²) >= 11 is 4.92. The van der Waals surface area contributed by atoms with Crippen LogP contribution in [0.15, 0.2) is 0 Å². The third-order valence-electron chi connectivity index (χ3n) is 2.89. The minimum atomic E-state index is -0.187. The second kappa shape index (κ2) is 4.70. The molecular formula is C9H17N3OS. The molecule has 0 bridgehead atoms. The summed E-state index contributed by atoms with van der Waals surface area (Å²) in [5.41, 5.74) is 10.8. The average molecular weight is 215 g/mol. The van der Waals surface area contributed by atoms with E-state index in [9.17, 15) is 4.79 Å². The van der Waals surface area contributed by atoms with Crippen LogP contribution in [0, 0.1) is 5.92 Å². The molecule has 1 rings (SSSR count). The number of amides is 1. The third kappa shape index (κ3) is 2.65. The van der Waals surface area contributed by atoms with Crippen LogP contribution < -0.4 is 11.5 Å². The second-order valence-electron chi connectivity index (χ2n) is 3.79. The molecule has 14 heavy (non-hydrogen) atoms. The molecule has 4 N–H and O–H groups in total. The predicted octanol–water partition coefficient (Wildman–Crippen LogP) is -0.142. The van der Waals surface area contributed by atoms with E-state index in [2.05, 4.69) is 4.90 Å². The molecule has 0 spiro atoms. The van der Waals surface area contributed by atoms with Gasteiger partial charge in [0.05, 0.1) is 11.0 Å². The molecule has 0 aromatic rings. The number of rotatable bonds is 3. The monoisotopic (exact) mass is 215 g/mol. The molecule has 0 aromatic heterocycles. The lowest BCUT2D eigenvalue weighted by Crippen LogP contribution is -2.47. The summed E-state index contributed by atoms with van der Waals surface area (Å²) in [7, 11) is 0. The first-order chi connectivity index (χ1) is 6.52. The molecule has 1 unspecified atom stereocenters. The molecule has 1 heterocycles. The number of nitrogens with zero attached hydrogens (tertiary/aromatic N) is 1. The number of likely N-dealkylation sites (tertiary alicyclic amines) is 1. The summed E-state index contributed by atoms with van der Waals surface area (Å²) in [5, 5.41) is 0. The summed E-state index contributed by atoms with van der Waals surface area (Å²) in [5.74, 6) is -0.155. The van der Waals surface area contributed by atoms with Crippen LogP contribution in [0.3, 0.4) is 0 Å². The van der Waals surface area contributed by atoms with E-state index >= 15 is 0 Å². The molecule has 1 atom stereocenters. The average Bonchev–Trinajstić information content (AvgIpc) is 2.16. The van der Waals surface area contributed by atoms with Crippen molar-refractivity contribution < 1.29 is 4.79 Å². The van der Waals surface area contributed by atoms with Gasteiger partial charge in [0.2, 0.25) is 5.91 Å². The van der Waals surface area contributed by atoms with Crippen LogP contribution in [0.2, 0.25) is 0 Å². The van der Waals surface area contributed by atoms with Crippen molar-refractivity contribution in [3.8, 4) is 0 Å². The zero-order chi connectivity index (χ0) is 10.7. The van der Waals surface area contributed by atoms with Gasteiger partial charge in [-0.05, 0) is 32.9 Å². The van der Waals surface area contributed by atoms with E-state index in [4.69, 9.17) is 23.7 Å². The van der Waals surface area contributed by atoms with Gasteiger partial charge in [0.1, 0.15) is 0 Å². The maximum Gasteiger partial charge on any atom is 0.220 e. The Morgan fingerprint density at radius 1 is 1.43 bits per heavy atom. The van der Waals surface area contributed by atoms with Crippen molar-refractivity contribution in [2.24, 2.45) is 17.4 Å². The highest BCUT2D eigenvalue weighted by atomic mass is 32.1. The second-order valence-corrected chi connectivity index (χ2v) is 4.26. The Labute approximate surface area is 89.6 Å². The molecule has 1 fully saturated rings. The molecule has 5 heteroatoms. The molecule has 80 valence electrons. The Balaban J connectivity index is 2.43. The van der Waals surface area contributed by atoms with Crippen LogP contribution in [0.5, 0.6) is 0 Å². The Hall–Kier alpha value is -0.680. The summed E-state index contributed by atoms with van der Waals surface area (Å²) in [4.78, 5) is 13.6. The van der Waals surface area contributed by atoms with Crippen molar-refractivity contribution in [1.29, 1.82) is 0 Å². The summed E-state index contributed by atoms with van der Waals surface area (Å²) in [6.45, 7) is 3.70. The molecular weight excluding hydrogens is 198 g/mol. The lowest BCUT2D eigenvalue weighted by molar-refractivity contribution is -0.123. The predicted molar refractivity (Wildman–Crippen MR) is 59.7 cm³/mol. The van der Waals surface area contributed by atoms with Gasteiger partial charge in [0, 0.05) is 5.92 Å². The van der Waals surface area contributed by atoms with Crippen molar-refractivity contribution in [1.82, 2.24) is 4.90 Å². The third-order valence-corrected chi connectivity index (χ3v) is 3.23. The maximum absolute atomic E-state index is 10.9. The molecule has 0 aliphatic carbocycles. The minimum absolute atomic E-state index is 0.0322. The van der Waals surface area contributed by atoms with E-state index < -0.39 is 0 Å². The molecule has 0 radical (unpaired) electrons. The van der Waals surface area contributed by atoms with Crippen molar-refractivity contribution in [3.63, 3.8) is 0 Å².